The van der Waals surface area contributed by atoms with Crippen LogP contribution in [0, 0.1) is 5.92 Å². The highest BCUT2D eigenvalue weighted by molar-refractivity contribution is 5.69. The Morgan fingerprint density at radius 3 is 2.94 bits per heavy atom. The summed E-state index contributed by atoms with van der Waals surface area (Å²) in [7, 11) is 1.93. The monoisotopic (exact) mass is 239 g/mol. The number of carbonyl (C=O) groups is 1. The third-order valence-corrected chi connectivity index (χ3v) is 2.70. The van der Waals surface area contributed by atoms with E-state index < -0.39 is 5.97 Å². The second-order valence-corrected chi connectivity index (χ2v) is 4.51. The van der Waals surface area contributed by atoms with Crippen molar-refractivity contribution in [1.82, 2.24) is 14.5 Å². The number of hydrogen-bond donors (Lipinski definition) is 1. The van der Waals surface area contributed by atoms with Crippen molar-refractivity contribution in [2.45, 2.75) is 33.4 Å². The summed E-state index contributed by atoms with van der Waals surface area (Å²) in [5.41, 5.74) is 1.13. The lowest BCUT2D eigenvalue weighted by atomic mass is 10.2. The van der Waals surface area contributed by atoms with Crippen molar-refractivity contribution >= 4 is 5.97 Å². The molecule has 0 fully saturated rings. The van der Waals surface area contributed by atoms with Crippen LogP contribution in [0.25, 0.3) is 0 Å². The van der Waals surface area contributed by atoms with Crippen molar-refractivity contribution in [3.05, 3.63) is 18.2 Å². The number of aliphatic carboxylic acids is 1. The van der Waals surface area contributed by atoms with E-state index in [9.17, 15) is 4.79 Å². The van der Waals surface area contributed by atoms with Gasteiger partial charge in [-0.05, 0) is 13.5 Å². The molecule has 5 nitrogen and oxygen atoms in total. The normalized spacial score (nSPS) is 12.9. The van der Waals surface area contributed by atoms with E-state index in [-0.39, 0.29) is 5.92 Å². The maximum absolute atomic E-state index is 10.8. The number of carboxylic acids is 1. The Morgan fingerprint density at radius 1 is 1.65 bits per heavy atom. The van der Waals surface area contributed by atoms with E-state index in [0.717, 1.165) is 25.2 Å². The van der Waals surface area contributed by atoms with E-state index in [4.69, 9.17) is 5.11 Å². The van der Waals surface area contributed by atoms with Crippen LogP contribution in [0.15, 0.2) is 12.5 Å². The lowest BCUT2D eigenvalue weighted by Gasteiger charge is -2.19. The second kappa shape index (κ2) is 6.39. The molecule has 1 aromatic heterocycles. The molecule has 1 aromatic rings. The Hall–Kier alpha value is -1.36. The molecule has 96 valence electrons. The second-order valence-electron chi connectivity index (χ2n) is 4.51. The van der Waals surface area contributed by atoms with Crippen LogP contribution in [0.2, 0.25) is 0 Å². The molecule has 1 atom stereocenters. The summed E-state index contributed by atoms with van der Waals surface area (Å²) in [6.07, 6.45) is 4.74. The highest BCUT2D eigenvalue weighted by Crippen LogP contribution is 2.06. The molecule has 0 spiro atoms. The summed E-state index contributed by atoms with van der Waals surface area (Å²) in [5, 5.41) is 8.85. The molecular weight excluding hydrogens is 218 g/mol. The van der Waals surface area contributed by atoms with Crippen LogP contribution < -0.4 is 0 Å². The zero-order valence-corrected chi connectivity index (χ0v) is 10.8. The van der Waals surface area contributed by atoms with E-state index in [0.29, 0.717) is 6.54 Å². The molecule has 0 aliphatic carbocycles. The van der Waals surface area contributed by atoms with Gasteiger partial charge in [0.05, 0.1) is 17.9 Å². The molecule has 0 aliphatic heterocycles. The van der Waals surface area contributed by atoms with Crippen molar-refractivity contribution in [3.8, 4) is 0 Å². The predicted molar refractivity (Wildman–Crippen MR) is 65.7 cm³/mol. The molecule has 1 N–H and O–H groups in total. The minimum absolute atomic E-state index is 0.345. The van der Waals surface area contributed by atoms with Gasteiger partial charge in [0.1, 0.15) is 0 Å². The number of hydrogen-bond acceptors (Lipinski definition) is 3. The first-order valence-corrected chi connectivity index (χ1v) is 5.95. The molecule has 0 aromatic carbocycles. The van der Waals surface area contributed by atoms with Crippen LogP contribution in [-0.2, 0) is 17.9 Å². The van der Waals surface area contributed by atoms with E-state index >= 15 is 0 Å². The largest absolute Gasteiger partial charge is 0.481 e. The summed E-state index contributed by atoms with van der Waals surface area (Å²) in [6, 6.07) is 0. The van der Waals surface area contributed by atoms with Crippen LogP contribution in [0.5, 0.6) is 0 Å². The molecule has 0 radical (unpaired) electrons. The number of rotatable bonds is 7. The minimum atomic E-state index is -0.751. The standard InChI is InChI=1S/C12H21N3O2/c1-4-5-15-9-13-6-11(15)8-14(3)7-10(2)12(16)17/h6,9-10H,4-5,7-8H2,1-3H3,(H,16,17). The van der Waals surface area contributed by atoms with Gasteiger partial charge in [0.2, 0.25) is 0 Å². The SMILES string of the molecule is CCCn1cncc1CN(C)CC(C)C(=O)O. The van der Waals surface area contributed by atoms with Gasteiger partial charge in [0.15, 0.2) is 0 Å². The van der Waals surface area contributed by atoms with Gasteiger partial charge in [-0.25, -0.2) is 4.98 Å². The molecule has 1 rings (SSSR count). The van der Waals surface area contributed by atoms with Gasteiger partial charge in [0, 0.05) is 25.8 Å². The Labute approximate surface area is 102 Å². The van der Waals surface area contributed by atoms with E-state index in [1.54, 1.807) is 6.92 Å². The number of aryl methyl sites for hydroxylation is 1. The van der Waals surface area contributed by atoms with Crippen LogP contribution >= 0.6 is 0 Å². The average molecular weight is 239 g/mol. The smallest absolute Gasteiger partial charge is 0.307 e. The van der Waals surface area contributed by atoms with Crippen molar-refractivity contribution in [1.29, 1.82) is 0 Å². The zero-order chi connectivity index (χ0) is 12.8. The van der Waals surface area contributed by atoms with Crippen molar-refractivity contribution < 1.29 is 9.90 Å². The molecule has 1 unspecified atom stereocenters. The molecule has 0 saturated carbocycles. The lowest BCUT2D eigenvalue weighted by Crippen LogP contribution is -2.29. The van der Waals surface area contributed by atoms with Gasteiger partial charge < -0.3 is 9.67 Å². The fraction of sp³-hybridized carbons (Fsp3) is 0.667. The zero-order valence-electron chi connectivity index (χ0n) is 10.8. The Balaban J connectivity index is 2.52. The molecule has 5 heteroatoms. The summed E-state index contributed by atoms with van der Waals surface area (Å²) >= 11 is 0. The van der Waals surface area contributed by atoms with Gasteiger partial charge in [-0.3, -0.25) is 9.69 Å². The molecular formula is C12H21N3O2. The minimum Gasteiger partial charge on any atom is -0.481 e. The highest BCUT2D eigenvalue weighted by atomic mass is 16.4. The number of aromatic nitrogens is 2. The first-order valence-electron chi connectivity index (χ1n) is 5.95. The summed E-state index contributed by atoms with van der Waals surface area (Å²) in [5.74, 6) is -1.10. The van der Waals surface area contributed by atoms with E-state index in [1.807, 2.05) is 24.5 Å². The summed E-state index contributed by atoms with van der Waals surface area (Å²) in [4.78, 5) is 16.9. The van der Waals surface area contributed by atoms with Crippen LogP contribution in [0.1, 0.15) is 26.0 Å². The topological polar surface area (TPSA) is 58.4 Å². The maximum atomic E-state index is 10.8. The van der Waals surface area contributed by atoms with E-state index in [2.05, 4.69) is 16.5 Å². The Kier molecular flexibility index (Phi) is 5.15. The van der Waals surface area contributed by atoms with E-state index in [1.165, 1.54) is 0 Å². The highest BCUT2D eigenvalue weighted by Gasteiger charge is 2.14. The van der Waals surface area contributed by atoms with Crippen molar-refractivity contribution in [2.24, 2.45) is 5.92 Å². The molecule has 1 heterocycles. The summed E-state index contributed by atoms with van der Waals surface area (Å²) < 4.78 is 2.11. The Morgan fingerprint density at radius 2 is 2.35 bits per heavy atom. The van der Waals surface area contributed by atoms with Crippen molar-refractivity contribution in [2.75, 3.05) is 13.6 Å². The summed E-state index contributed by atoms with van der Waals surface area (Å²) in [6.45, 7) is 6.09. The fourth-order valence-electron chi connectivity index (χ4n) is 1.81. The van der Waals surface area contributed by atoms with Crippen LogP contribution in [0.4, 0.5) is 0 Å². The molecule has 0 aliphatic rings. The number of carboxylic acid groups (broad SMARTS) is 1. The average Bonchev–Trinajstić information content (AvgIpc) is 2.66. The predicted octanol–water partition coefficient (Wildman–Crippen LogP) is 1.45. The lowest BCUT2D eigenvalue weighted by molar-refractivity contribution is -0.141. The van der Waals surface area contributed by atoms with Gasteiger partial charge in [-0.15, -0.1) is 0 Å². The quantitative estimate of drug-likeness (QED) is 0.782. The fourth-order valence-corrected chi connectivity index (χ4v) is 1.81. The third kappa shape index (κ3) is 4.19. The molecule has 17 heavy (non-hydrogen) atoms. The van der Waals surface area contributed by atoms with Gasteiger partial charge in [-0.2, -0.15) is 0 Å². The van der Waals surface area contributed by atoms with Crippen molar-refractivity contribution in [3.63, 3.8) is 0 Å². The molecule has 0 saturated heterocycles. The van der Waals surface area contributed by atoms with Crippen LogP contribution in [-0.4, -0.2) is 39.1 Å². The first kappa shape index (κ1) is 13.7. The third-order valence-electron chi connectivity index (χ3n) is 2.70. The van der Waals surface area contributed by atoms with Crippen LogP contribution in [0.3, 0.4) is 0 Å². The molecule has 0 bridgehead atoms. The Bertz CT molecular complexity index is 362. The maximum Gasteiger partial charge on any atom is 0.307 e. The molecule has 0 amide bonds. The number of imidazole rings is 1. The first-order chi connectivity index (χ1) is 8.04. The van der Waals surface area contributed by atoms with Gasteiger partial charge in [0.25, 0.3) is 0 Å². The van der Waals surface area contributed by atoms with Gasteiger partial charge >= 0.3 is 5.97 Å². The number of nitrogens with zero attached hydrogens (tertiary/aromatic N) is 3. The van der Waals surface area contributed by atoms with Gasteiger partial charge in [-0.1, -0.05) is 13.8 Å².